The van der Waals surface area contributed by atoms with Crippen LogP contribution in [0.2, 0.25) is 20.1 Å². The van der Waals surface area contributed by atoms with Gasteiger partial charge in [-0.2, -0.15) is 0 Å². The fourth-order valence-electron chi connectivity index (χ4n) is 1.36. The topological polar surface area (TPSA) is 0 Å². The Labute approximate surface area is 127 Å². The first-order valence-corrected chi connectivity index (χ1v) is 6.47. The molecule has 0 atom stereocenters. The molecular formula is C9Cl7. The molecule has 0 unspecified atom stereocenters. The van der Waals surface area contributed by atoms with Crippen LogP contribution in [-0.4, -0.2) is 0 Å². The normalized spacial score (nSPS) is 15.9. The fraction of sp³-hybridized carbons (Fsp3) is 0. The summed E-state index contributed by atoms with van der Waals surface area (Å²) in [6.45, 7) is 0. The average molecular weight is 356 g/mol. The van der Waals surface area contributed by atoms with Crippen molar-refractivity contribution in [3.05, 3.63) is 41.6 Å². The first-order chi connectivity index (χ1) is 7.37. The minimum absolute atomic E-state index is 0.126. The highest BCUT2D eigenvalue weighted by molar-refractivity contribution is 6.63. The van der Waals surface area contributed by atoms with Crippen molar-refractivity contribution in [1.29, 1.82) is 0 Å². The van der Waals surface area contributed by atoms with Gasteiger partial charge in [-0.1, -0.05) is 69.6 Å². The van der Waals surface area contributed by atoms with Gasteiger partial charge in [0.05, 0.1) is 30.2 Å². The van der Waals surface area contributed by atoms with E-state index in [4.69, 9.17) is 81.2 Å². The average Bonchev–Trinajstić information content (AvgIpc) is 2.48. The van der Waals surface area contributed by atoms with E-state index in [0.29, 0.717) is 11.1 Å². The van der Waals surface area contributed by atoms with E-state index in [9.17, 15) is 0 Å². The molecule has 85 valence electrons. The molecule has 0 bridgehead atoms. The van der Waals surface area contributed by atoms with Gasteiger partial charge in [0.15, 0.2) is 0 Å². The summed E-state index contributed by atoms with van der Waals surface area (Å²) in [5.41, 5.74) is 0.829. The minimum Gasteiger partial charge on any atom is -0.105 e. The van der Waals surface area contributed by atoms with Gasteiger partial charge in [-0.05, 0) is 0 Å². The van der Waals surface area contributed by atoms with E-state index < -0.39 is 0 Å². The van der Waals surface area contributed by atoms with Gasteiger partial charge in [-0.15, -0.1) is 11.6 Å². The molecule has 0 nitrogen and oxygen atoms in total. The molecular weight excluding hydrogens is 356 g/mol. The van der Waals surface area contributed by atoms with Gasteiger partial charge in [-0.25, -0.2) is 0 Å². The lowest BCUT2D eigenvalue weighted by Gasteiger charge is -2.11. The Morgan fingerprint density at radius 2 is 0.875 bits per heavy atom. The molecule has 0 spiro atoms. The Bertz CT molecular complexity index is 517. The number of rotatable bonds is 0. The minimum atomic E-state index is 0.126. The summed E-state index contributed by atoms with van der Waals surface area (Å²) in [5.74, 6) is 0. The second kappa shape index (κ2) is 4.59. The van der Waals surface area contributed by atoms with E-state index in [0.717, 1.165) is 0 Å². The predicted molar refractivity (Wildman–Crippen MR) is 73.3 cm³/mol. The summed E-state index contributed by atoms with van der Waals surface area (Å²) in [5, 5.41) is 1.23. The molecule has 0 aliphatic heterocycles. The highest BCUT2D eigenvalue weighted by Gasteiger charge is 2.35. The van der Waals surface area contributed by atoms with Crippen molar-refractivity contribution >= 4 is 86.2 Å². The monoisotopic (exact) mass is 353 g/mol. The summed E-state index contributed by atoms with van der Waals surface area (Å²) in [6, 6.07) is 0. The summed E-state index contributed by atoms with van der Waals surface area (Å²) < 4.78 is 0. The third-order valence-electron chi connectivity index (χ3n) is 2.09. The molecule has 1 aromatic carbocycles. The van der Waals surface area contributed by atoms with Crippen LogP contribution in [0.15, 0.2) is 5.03 Å². The van der Waals surface area contributed by atoms with Crippen LogP contribution in [0.1, 0.15) is 11.1 Å². The molecule has 0 heterocycles. The Hall–Kier alpha value is 0.990. The van der Waals surface area contributed by atoms with Crippen LogP contribution in [0.5, 0.6) is 0 Å². The van der Waals surface area contributed by atoms with Gasteiger partial charge in [-0.3, -0.25) is 0 Å². The number of allylic oxidation sites excluding steroid dienone is 1. The van der Waals surface area contributed by atoms with E-state index >= 15 is 0 Å². The quantitative estimate of drug-likeness (QED) is 0.364. The maximum Gasteiger partial charge on any atom is 0.137 e. The maximum absolute atomic E-state index is 6.02. The zero-order valence-corrected chi connectivity index (χ0v) is 12.4. The van der Waals surface area contributed by atoms with Crippen LogP contribution in [-0.2, 0) is 0 Å². The molecule has 0 saturated carbocycles. The van der Waals surface area contributed by atoms with Gasteiger partial charge in [0, 0.05) is 11.1 Å². The van der Waals surface area contributed by atoms with Crippen molar-refractivity contribution in [2.75, 3.05) is 0 Å². The summed E-state index contributed by atoms with van der Waals surface area (Å²) in [4.78, 5) is 0. The molecule has 1 aliphatic rings. The molecule has 0 N–H and O–H groups in total. The molecule has 1 aromatic rings. The van der Waals surface area contributed by atoms with Crippen LogP contribution >= 0.6 is 81.2 Å². The molecule has 0 fully saturated rings. The lowest BCUT2D eigenvalue weighted by atomic mass is 10.1. The largest absolute Gasteiger partial charge is 0.137 e. The van der Waals surface area contributed by atoms with Crippen LogP contribution in [0.4, 0.5) is 0 Å². The zero-order valence-electron chi connectivity index (χ0n) is 7.15. The Balaban J connectivity index is 2.89. The lowest BCUT2D eigenvalue weighted by Crippen LogP contribution is -1.92. The maximum atomic E-state index is 6.02. The molecule has 2 rings (SSSR count). The molecule has 0 aromatic heterocycles. The third kappa shape index (κ3) is 1.75. The van der Waals surface area contributed by atoms with Gasteiger partial charge in [0.2, 0.25) is 0 Å². The summed E-state index contributed by atoms with van der Waals surface area (Å²) in [7, 11) is 0. The number of halogens is 7. The van der Waals surface area contributed by atoms with Gasteiger partial charge in [0.25, 0.3) is 0 Å². The Kier molecular flexibility index (Phi) is 3.85. The molecule has 16 heavy (non-hydrogen) atoms. The highest BCUT2D eigenvalue weighted by atomic mass is 35.5. The van der Waals surface area contributed by atoms with Crippen molar-refractivity contribution < 1.29 is 0 Å². The van der Waals surface area contributed by atoms with Crippen LogP contribution < -0.4 is 0 Å². The molecule has 1 radical (unpaired) electrons. The Morgan fingerprint density at radius 3 is 1.38 bits per heavy atom. The molecule has 1 aliphatic carbocycles. The van der Waals surface area contributed by atoms with Crippen molar-refractivity contribution in [3.8, 4) is 0 Å². The first kappa shape index (κ1) is 13.4. The number of fused-ring (bicyclic) bond motifs is 1. The van der Waals surface area contributed by atoms with E-state index in [1.165, 1.54) is 0 Å². The Morgan fingerprint density at radius 1 is 0.438 bits per heavy atom. The number of hydrogen-bond acceptors (Lipinski definition) is 0. The van der Waals surface area contributed by atoms with E-state index in [2.05, 4.69) is 0 Å². The van der Waals surface area contributed by atoms with Gasteiger partial charge in [0.1, 0.15) is 5.38 Å². The molecule has 0 amide bonds. The van der Waals surface area contributed by atoms with Crippen molar-refractivity contribution in [1.82, 2.24) is 0 Å². The van der Waals surface area contributed by atoms with Crippen LogP contribution in [0.25, 0.3) is 5.03 Å². The number of benzene rings is 1. The second-order valence-electron chi connectivity index (χ2n) is 2.95. The predicted octanol–water partition coefficient (Wildman–Crippen LogP) is 6.58. The van der Waals surface area contributed by atoms with E-state index in [1.807, 2.05) is 0 Å². The second-order valence-corrected chi connectivity index (χ2v) is 5.59. The van der Waals surface area contributed by atoms with Crippen LogP contribution in [0.3, 0.4) is 0 Å². The third-order valence-corrected chi connectivity index (χ3v) is 5.22. The molecule has 7 heteroatoms. The SMILES string of the molecule is Cl[C]1C(Cl)=C(Cl)c2c(Cl)c(Cl)c(Cl)c(Cl)c21. The van der Waals surface area contributed by atoms with Crippen LogP contribution in [0, 0.1) is 5.38 Å². The molecule has 0 saturated heterocycles. The summed E-state index contributed by atoms with van der Waals surface area (Å²) in [6.07, 6.45) is 0. The van der Waals surface area contributed by atoms with Gasteiger partial charge < -0.3 is 0 Å². The summed E-state index contributed by atoms with van der Waals surface area (Å²) >= 11 is 41.7. The van der Waals surface area contributed by atoms with Crippen molar-refractivity contribution in [2.24, 2.45) is 0 Å². The first-order valence-electron chi connectivity index (χ1n) is 3.82. The fourth-order valence-corrected chi connectivity index (χ4v) is 3.30. The smallest absolute Gasteiger partial charge is 0.105 e. The van der Waals surface area contributed by atoms with E-state index in [-0.39, 0.29) is 35.5 Å². The van der Waals surface area contributed by atoms with Crippen molar-refractivity contribution in [3.63, 3.8) is 0 Å². The standard InChI is InChI=1S/C9Cl7/c10-3-1-2(4(11)7(3)14)6(13)9(16)8(15)5(1)12. The zero-order chi connectivity index (χ0) is 12.2. The number of hydrogen-bond donors (Lipinski definition) is 0. The van der Waals surface area contributed by atoms with Crippen molar-refractivity contribution in [2.45, 2.75) is 0 Å². The highest BCUT2D eigenvalue weighted by Crippen LogP contribution is 2.55. The lowest BCUT2D eigenvalue weighted by molar-refractivity contribution is 1.48. The van der Waals surface area contributed by atoms with Gasteiger partial charge >= 0.3 is 0 Å². The van der Waals surface area contributed by atoms with E-state index in [1.54, 1.807) is 0 Å².